The highest BCUT2D eigenvalue weighted by Crippen LogP contribution is 2.32. The Morgan fingerprint density at radius 2 is 2.00 bits per heavy atom. The van der Waals surface area contributed by atoms with Crippen LogP contribution in [0.5, 0.6) is 0 Å². The Morgan fingerprint density at radius 3 is 2.69 bits per heavy atom. The van der Waals surface area contributed by atoms with Gasteiger partial charge < -0.3 is 5.73 Å². The van der Waals surface area contributed by atoms with Crippen LogP contribution in [0.2, 0.25) is 10.0 Å². The standard InChI is InChI=1S/C11H7Cl2N3/c12-9-2-1-6-7(10(15)3-14)4-16-5-8(6)11(9)13/h1-2,4-5,10H,15H2. The number of nitrogens with zero attached hydrogens (tertiary/aromatic N) is 2. The van der Waals surface area contributed by atoms with E-state index < -0.39 is 6.04 Å². The van der Waals surface area contributed by atoms with Crippen LogP contribution >= 0.6 is 23.2 Å². The molecule has 0 saturated carbocycles. The molecule has 1 atom stereocenters. The van der Waals surface area contributed by atoms with Crippen molar-refractivity contribution < 1.29 is 0 Å². The number of hydrogen-bond acceptors (Lipinski definition) is 3. The molecule has 1 aromatic carbocycles. The van der Waals surface area contributed by atoms with Gasteiger partial charge in [-0.05, 0) is 11.5 Å². The van der Waals surface area contributed by atoms with Crippen molar-refractivity contribution in [1.29, 1.82) is 5.26 Å². The highest BCUT2D eigenvalue weighted by Gasteiger charge is 2.12. The van der Waals surface area contributed by atoms with Gasteiger partial charge in [-0.1, -0.05) is 29.3 Å². The van der Waals surface area contributed by atoms with E-state index in [-0.39, 0.29) is 0 Å². The Hall–Kier alpha value is -1.34. The topological polar surface area (TPSA) is 62.7 Å². The Balaban J connectivity index is 2.81. The lowest BCUT2D eigenvalue weighted by molar-refractivity contribution is 0.927. The summed E-state index contributed by atoms with van der Waals surface area (Å²) < 4.78 is 0. The molecule has 0 fully saturated rings. The average molecular weight is 252 g/mol. The maximum absolute atomic E-state index is 8.81. The van der Waals surface area contributed by atoms with Crippen molar-refractivity contribution in [2.75, 3.05) is 0 Å². The number of pyridine rings is 1. The molecule has 2 rings (SSSR count). The monoisotopic (exact) mass is 251 g/mol. The molecule has 1 aromatic heterocycles. The lowest BCUT2D eigenvalue weighted by Gasteiger charge is -2.09. The fourth-order valence-corrected chi connectivity index (χ4v) is 1.90. The van der Waals surface area contributed by atoms with Gasteiger partial charge in [0.2, 0.25) is 0 Å². The van der Waals surface area contributed by atoms with E-state index in [1.165, 1.54) is 0 Å². The highest BCUT2D eigenvalue weighted by molar-refractivity contribution is 6.45. The largest absolute Gasteiger partial charge is 0.312 e. The minimum absolute atomic E-state index is 0.429. The zero-order chi connectivity index (χ0) is 11.7. The Morgan fingerprint density at radius 1 is 1.25 bits per heavy atom. The molecular weight excluding hydrogens is 245 g/mol. The van der Waals surface area contributed by atoms with Gasteiger partial charge in [0.15, 0.2) is 0 Å². The van der Waals surface area contributed by atoms with Crippen molar-refractivity contribution in [2.45, 2.75) is 6.04 Å². The summed E-state index contributed by atoms with van der Waals surface area (Å²) in [6, 6.07) is 4.72. The molecule has 1 unspecified atom stereocenters. The molecular formula is C11H7Cl2N3. The van der Waals surface area contributed by atoms with E-state index in [4.69, 9.17) is 34.2 Å². The van der Waals surface area contributed by atoms with E-state index in [0.717, 1.165) is 5.39 Å². The third kappa shape index (κ3) is 1.72. The zero-order valence-electron chi connectivity index (χ0n) is 8.11. The van der Waals surface area contributed by atoms with Gasteiger partial charge in [0, 0.05) is 23.3 Å². The minimum Gasteiger partial charge on any atom is -0.312 e. The molecule has 0 saturated heterocycles. The van der Waals surface area contributed by atoms with E-state index in [2.05, 4.69) is 4.98 Å². The number of benzene rings is 1. The van der Waals surface area contributed by atoms with Gasteiger partial charge in [-0.3, -0.25) is 4.98 Å². The molecule has 0 radical (unpaired) electrons. The normalized spacial score (nSPS) is 12.4. The number of aromatic nitrogens is 1. The van der Waals surface area contributed by atoms with Gasteiger partial charge in [0.05, 0.1) is 16.1 Å². The lowest BCUT2D eigenvalue weighted by atomic mass is 10.0. The average Bonchev–Trinajstić information content (AvgIpc) is 2.32. The molecule has 2 aromatic rings. The molecule has 2 N–H and O–H groups in total. The first kappa shape index (κ1) is 11.2. The maximum Gasteiger partial charge on any atom is 0.120 e. The van der Waals surface area contributed by atoms with E-state index in [0.29, 0.717) is 21.0 Å². The van der Waals surface area contributed by atoms with Crippen molar-refractivity contribution in [1.82, 2.24) is 4.98 Å². The van der Waals surface area contributed by atoms with Crippen molar-refractivity contribution in [3.05, 3.63) is 40.1 Å². The van der Waals surface area contributed by atoms with Gasteiger partial charge in [-0.25, -0.2) is 0 Å². The van der Waals surface area contributed by atoms with Crippen LogP contribution in [0.4, 0.5) is 0 Å². The third-order valence-electron chi connectivity index (χ3n) is 2.34. The lowest BCUT2D eigenvalue weighted by Crippen LogP contribution is -2.08. The molecule has 5 heteroatoms. The Labute approximate surface area is 102 Å². The molecule has 0 spiro atoms. The van der Waals surface area contributed by atoms with E-state index in [9.17, 15) is 0 Å². The van der Waals surface area contributed by atoms with Crippen LogP contribution < -0.4 is 5.73 Å². The summed E-state index contributed by atoms with van der Waals surface area (Å²) in [5.74, 6) is 0. The summed E-state index contributed by atoms with van der Waals surface area (Å²) in [7, 11) is 0. The van der Waals surface area contributed by atoms with E-state index >= 15 is 0 Å². The first-order valence-electron chi connectivity index (χ1n) is 4.52. The Bertz CT molecular complexity index is 590. The van der Waals surface area contributed by atoms with Crippen LogP contribution in [0.25, 0.3) is 10.8 Å². The summed E-state index contributed by atoms with van der Waals surface area (Å²) in [6.45, 7) is 0. The van der Waals surface area contributed by atoms with Gasteiger partial charge in [0.25, 0.3) is 0 Å². The van der Waals surface area contributed by atoms with Crippen molar-refractivity contribution >= 4 is 34.0 Å². The predicted octanol–water partition coefficient (Wildman–Crippen LogP) is 3.06. The predicted molar refractivity (Wildman–Crippen MR) is 64.3 cm³/mol. The van der Waals surface area contributed by atoms with Crippen LogP contribution in [0.3, 0.4) is 0 Å². The molecule has 0 aliphatic rings. The molecule has 0 aliphatic heterocycles. The summed E-state index contributed by atoms with van der Waals surface area (Å²) >= 11 is 11.9. The van der Waals surface area contributed by atoms with Crippen molar-refractivity contribution in [3.8, 4) is 6.07 Å². The second-order valence-corrected chi connectivity index (χ2v) is 4.08. The van der Waals surface area contributed by atoms with Crippen molar-refractivity contribution in [2.24, 2.45) is 5.73 Å². The summed E-state index contributed by atoms with van der Waals surface area (Å²) in [6.07, 6.45) is 3.18. The smallest absolute Gasteiger partial charge is 0.120 e. The molecule has 3 nitrogen and oxygen atoms in total. The number of nitriles is 1. The first-order valence-corrected chi connectivity index (χ1v) is 5.27. The van der Waals surface area contributed by atoms with Gasteiger partial charge >= 0.3 is 0 Å². The van der Waals surface area contributed by atoms with Crippen LogP contribution in [0.1, 0.15) is 11.6 Å². The van der Waals surface area contributed by atoms with Crippen LogP contribution in [0, 0.1) is 11.3 Å². The number of fused-ring (bicyclic) bond motifs is 1. The van der Waals surface area contributed by atoms with Crippen molar-refractivity contribution in [3.63, 3.8) is 0 Å². The number of nitrogens with two attached hydrogens (primary N) is 1. The number of hydrogen-bond donors (Lipinski definition) is 1. The molecule has 0 aliphatic carbocycles. The molecule has 80 valence electrons. The number of halogens is 2. The van der Waals surface area contributed by atoms with E-state index in [1.54, 1.807) is 24.5 Å². The fourth-order valence-electron chi connectivity index (χ4n) is 1.52. The SMILES string of the molecule is N#CC(N)c1cncc2c(Cl)c(Cl)ccc12. The van der Waals surface area contributed by atoms with Gasteiger partial charge in [0.1, 0.15) is 6.04 Å². The fraction of sp³-hybridized carbons (Fsp3) is 0.0909. The maximum atomic E-state index is 8.81. The molecule has 16 heavy (non-hydrogen) atoms. The van der Waals surface area contributed by atoms with Gasteiger partial charge in [-0.15, -0.1) is 0 Å². The minimum atomic E-state index is -0.714. The molecule has 1 heterocycles. The summed E-state index contributed by atoms with van der Waals surface area (Å²) in [5, 5.41) is 11.2. The second-order valence-electron chi connectivity index (χ2n) is 3.29. The summed E-state index contributed by atoms with van der Waals surface area (Å²) in [4.78, 5) is 4.01. The van der Waals surface area contributed by atoms with E-state index in [1.807, 2.05) is 6.07 Å². The van der Waals surface area contributed by atoms with Crippen LogP contribution in [0.15, 0.2) is 24.5 Å². The Kier molecular flexibility index (Phi) is 2.97. The highest BCUT2D eigenvalue weighted by atomic mass is 35.5. The van der Waals surface area contributed by atoms with Crippen LogP contribution in [-0.2, 0) is 0 Å². The zero-order valence-corrected chi connectivity index (χ0v) is 9.63. The van der Waals surface area contributed by atoms with Gasteiger partial charge in [-0.2, -0.15) is 5.26 Å². The van der Waals surface area contributed by atoms with Crippen LogP contribution in [-0.4, -0.2) is 4.98 Å². The second kappa shape index (κ2) is 4.26. The summed E-state index contributed by atoms with van der Waals surface area (Å²) in [5.41, 5.74) is 6.32. The number of rotatable bonds is 1. The molecule has 0 amide bonds. The first-order chi connectivity index (χ1) is 7.65. The molecule has 0 bridgehead atoms. The quantitative estimate of drug-likeness (QED) is 0.848. The third-order valence-corrected chi connectivity index (χ3v) is 3.15.